The van der Waals surface area contributed by atoms with Crippen LogP contribution in [0, 0.1) is 12.3 Å². The normalized spacial score (nSPS) is 13.3. The zero-order valence-corrected chi connectivity index (χ0v) is 9.51. The third-order valence-corrected chi connectivity index (χ3v) is 1.89. The van der Waals surface area contributed by atoms with Gasteiger partial charge in [-0.3, -0.25) is 0 Å². The molecule has 0 saturated carbocycles. The minimum Gasteiger partial charge on any atom is -0.115 e. The van der Waals surface area contributed by atoms with Gasteiger partial charge in [0.25, 0.3) is 0 Å². The fraction of sp³-hybridized carbons (Fsp3) is 0.429. The molecule has 0 atom stereocenters. The van der Waals surface area contributed by atoms with Crippen LogP contribution in [0.15, 0.2) is 35.5 Å². The summed E-state index contributed by atoms with van der Waals surface area (Å²) in [5.41, 5.74) is 2.33. The zero-order valence-electron chi connectivity index (χ0n) is 9.51. The first-order valence-electron chi connectivity index (χ1n) is 5.25. The Hall–Kier alpha value is -1.22. The van der Waals surface area contributed by atoms with E-state index in [-0.39, 0.29) is 0 Å². The Morgan fingerprint density at radius 2 is 2.00 bits per heavy atom. The van der Waals surface area contributed by atoms with E-state index in [1.807, 2.05) is 12.2 Å². The van der Waals surface area contributed by atoms with Crippen molar-refractivity contribution in [2.24, 2.45) is 0 Å². The number of hydrogen-bond donors (Lipinski definition) is 0. The summed E-state index contributed by atoms with van der Waals surface area (Å²) in [6.07, 6.45) is 16.9. The van der Waals surface area contributed by atoms with Crippen molar-refractivity contribution < 1.29 is 0 Å². The van der Waals surface area contributed by atoms with Crippen molar-refractivity contribution >= 4 is 0 Å². The highest BCUT2D eigenvalue weighted by atomic mass is 13.9. The molecule has 0 aliphatic rings. The molecule has 0 spiro atoms. The van der Waals surface area contributed by atoms with Crippen LogP contribution in [0.3, 0.4) is 0 Å². The monoisotopic (exact) mass is 188 g/mol. The van der Waals surface area contributed by atoms with Gasteiger partial charge in [-0.15, -0.1) is 6.42 Å². The van der Waals surface area contributed by atoms with Crippen LogP contribution in [0.1, 0.15) is 40.0 Å². The molecule has 0 saturated heterocycles. The van der Waals surface area contributed by atoms with Gasteiger partial charge >= 0.3 is 0 Å². The first-order valence-corrected chi connectivity index (χ1v) is 5.25. The lowest BCUT2D eigenvalue weighted by molar-refractivity contribution is 0.905. The Morgan fingerprint density at radius 3 is 2.50 bits per heavy atom. The Morgan fingerprint density at radius 1 is 1.29 bits per heavy atom. The number of hydrogen-bond acceptors (Lipinski definition) is 0. The third-order valence-electron chi connectivity index (χ3n) is 1.89. The first kappa shape index (κ1) is 12.8. The largest absolute Gasteiger partial charge is 0.115 e. The number of allylic oxidation sites excluding steroid dienone is 6. The molecule has 0 radical (unpaired) electrons. The van der Waals surface area contributed by atoms with Crippen molar-refractivity contribution in [2.75, 3.05) is 0 Å². The fourth-order valence-electron chi connectivity index (χ4n) is 1.11. The Bertz CT molecular complexity index is 269. The van der Waals surface area contributed by atoms with Crippen LogP contribution in [0.2, 0.25) is 0 Å². The summed E-state index contributed by atoms with van der Waals surface area (Å²) in [5.74, 6) is 2.66. The second kappa shape index (κ2) is 8.38. The van der Waals surface area contributed by atoms with Gasteiger partial charge in [0, 0.05) is 5.57 Å². The molecule has 0 aromatic carbocycles. The average Bonchev–Trinajstić information content (AvgIpc) is 2.19. The third kappa shape index (κ3) is 6.31. The fourth-order valence-corrected chi connectivity index (χ4v) is 1.11. The van der Waals surface area contributed by atoms with Crippen molar-refractivity contribution in [3.05, 3.63) is 35.5 Å². The minimum atomic E-state index is 0.947. The summed E-state index contributed by atoms with van der Waals surface area (Å²) in [6, 6.07) is 0. The van der Waals surface area contributed by atoms with E-state index < -0.39 is 0 Å². The molecule has 0 heterocycles. The molecule has 0 unspecified atom stereocenters. The average molecular weight is 188 g/mol. The molecule has 0 rings (SSSR count). The highest BCUT2D eigenvalue weighted by Gasteiger charge is 1.86. The Balaban J connectivity index is 4.39. The van der Waals surface area contributed by atoms with Crippen LogP contribution in [-0.2, 0) is 0 Å². The van der Waals surface area contributed by atoms with E-state index in [1.54, 1.807) is 0 Å². The van der Waals surface area contributed by atoms with Crippen LogP contribution >= 0.6 is 0 Å². The standard InChI is InChI=1S/C14H20/c1-5-8-10-14(7-3)12-11-13(4)9-6-2/h3,8,10-12H,5-6,9H2,1-2,4H3/b10-8-,13-11+,14-12-. The molecule has 0 bridgehead atoms. The van der Waals surface area contributed by atoms with E-state index in [0.717, 1.165) is 18.4 Å². The molecule has 0 nitrogen and oxygen atoms in total. The second-order valence-electron chi connectivity index (χ2n) is 3.34. The molecule has 76 valence electrons. The zero-order chi connectivity index (χ0) is 10.8. The Kier molecular flexibility index (Phi) is 7.65. The maximum Gasteiger partial charge on any atom is 0.0239 e. The quantitative estimate of drug-likeness (QED) is 0.447. The summed E-state index contributed by atoms with van der Waals surface area (Å²) < 4.78 is 0. The smallest absolute Gasteiger partial charge is 0.0239 e. The van der Waals surface area contributed by atoms with Gasteiger partial charge in [0.1, 0.15) is 0 Å². The van der Waals surface area contributed by atoms with Gasteiger partial charge in [-0.2, -0.15) is 0 Å². The summed E-state index contributed by atoms with van der Waals surface area (Å²) >= 11 is 0. The van der Waals surface area contributed by atoms with Gasteiger partial charge < -0.3 is 0 Å². The van der Waals surface area contributed by atoms with Crippen molar-refractivity contribution in [2.45, 2.75) is 40.0 Å². The van der Waals surface area contributed by atoms with Gasteiger partial charge in [-0.1, -0.05) is 50.0 Å². The van der Waals surface area contributed by atoms with E-state index in [1.165, 1.54) is 12.0 Å². The van der Waals surface area contributed by atoms with Gasteiger partial charge in [-0.25, -0.2) is 0 Å². The predicted octanol–water partition coefficient (Wildman–Crippen LogP) is 4.26. The second-order valence-corrected chi connectivity index (χ2v) is 3.34. The van der Waals surface area contributed by atoms with Crippen LogP contribution in [-0.4, -0.2) is 0 Å². The van der Waals surface area contributed by atoms with Crippen LogP contribution in [0.25, 0.3) is 0 Å². The van der Waals surface area contributed by atoms with Gasteiger partial charge in [0.15, 0.2) is 0 Å². The lowest BCUT2D eigenvalue weighted by atomic mass is 10.1. The summed E-state index contributed by atoms with van der Waals surface area (Å²) in [7, 11) is 0. The summed E-state index contributed by atoms with van der Waals surface area (Å²) in [5, 5.41) is 0. The lowest BCUT2D eigenvalue weighted by Gasteiger charge is -1.94. The number of terminal acetylenes is 1. The molecular formula is C14H20. The first-order chi connectivity index (χ1) is 6.74. The van der Waals surface area contributed by atoms with Crippen LogP contribution in [0.4, 0.5) is 0 Å². The molecule has 0 amide bonds. The molecule has 0 aromatic rings. The van der Waals surface area contributed by atoms with E-state index in [4.69, 9.17) is 6.42 Å². The SMILES string of the molecule is C#CC(/C=C\CC)=C/C=C(\C)CCC. The maximum atomic E-state index is 5.37. The van der Waals surface area contributed by atoms with E-state index in [9.17, 15) is 0 Å². The molecule has 0 fully saturated rings. The van der Waals surface area contributed by atoms with Crippen LogP contribution in [0.5, 0.6) is 0 Å². The van der Waals surface area contributed by atoms with Gasteiger partial charge in [0.2, 0.25) is 0 Å². The highest BCUT2D eigenvalue weighted by molar-refractivity contribution is 5.39. The molecule has 14 heavy (non-hydrogen) atoms. The molecule has 0 aromatic heterocycles. The lowest BCUT2D eigenvalue weighted by Crippen LogP contribution is -1.75. The Labute approximate surface area is 88.4 Å². The van der Waals surface area contributed by atoms with Crippen molar-refractivity contribution in [1.82, 2.24) is 0 Å². The summed E-state index contributed by atoms with van der Waals surface area (Å²) in [6.45, 7) is 6.42. The van der Waals surface area contributed by atoms with Crippen molar-refractivity contribution in [3.63, 3.8) is 0 Å². The minimum absolute atomic E-state index is 0.947. The van der Waals surface area contributed by atoms with Crippen molar-refractivity contribution in [3.8, 4) is 12.3 Å². The molecule has 0 N–H and O–H groups in total. The molecule has 0 aliphatic heterocycles. The number of rotatable bonds is 5. The van der Waals surface area contributed by atoms with E-state index in [2.05, 4.69) is 38.8 Å². The van der Waals surface area contributed by atoms with Crippen molar-refractivity contribution in [1.29, 1.82) is 0 Å². The highest BCUT2D eigenvalue weighted by Crippen LogP contribution is 2.05. The van der Waals surface area contributed by atoms with E-state index >= 15 is 0 Å². The topological polar surface area (TPSA) is 0 Å². The van der Waals surface area contributed by atoms with Gasteiger partial charge in [0.05, 0.1) is 0 Å². The van der Waals surface area contributed by atoms with Crippen LogP contribution < -0.4 is 0 Å². The predicted molar refractivity (Wildman–Crippen MR) is 65.0 cm³/mol. The molecule has 0 aliphatic carbocycles. The maximum absolute atomic E-state index is 5.37. The van der Waals surface area contributed by atoms with Gasteiger partial charge in [-0.05, 0) is 25.8 Å². The molecule has 0 heteroatoms. The summed E-state index contributed by atoms with van der Waals surface area (Å²) in [4.78, 5) is 0. The van der Waals surface area contributed by atoms with E-state index in [0.29, 0.717) is 0 Å². The molecular weight excluding hydrogens is 168 g/mol.